The van der Waals surface area contributed by atoms with Gasteiger partial charge < -0.3 is 29.3 Å². The number of carbonyl (C=O) groups excluding carboxylic acids is 1. The van der Waals surface area contributed by atoms with Crippen LogP contribution in [0.3, 0.4) is 0 Å². The second-order valence-corrected chi connectivity index (χ2v) is 8.45. The summed E-state index contributed by atoms with van der Waals surface area (Å²) < 4.78 is 31.9. The maximum atomic E-state index is 12.1. The van der Waals surface area contributed by atoms with Crippen molar-refractivity contribution < 1.29 is 37.9 Å². The zero-order valence-electron chi connectivity index (χ0n) is 18.8. The zero-order chi connectivity index (χ0) is 24.2. The minimum atomic E-state index is -4.78. The molecule has 0 radical (unpaired) electrons. The highest BCUT2D eigenvalue weighted by atomic mass is 35.5. The Kier molecular flexibility index (Phi) is 11.5. The lowest BCUT2D eigenvalue weighted by molar-refractivity contribution is -0.119. The number of aromatic nitrogens is 1. The molecule has 0 aliphatic heterocycles. The molecule has 14 heteroatoms. The number of amides is 1. The van der Waals surface area contributed by atoms with Gasteiger partial charge in [0.1, 0.15) is 5.52 Å². The molecule has 3 aromatic rings. The maximum Gasteiger partial charge on any atom is 0.472 e. The summed E-state index contributed by atoms with van der Waals surface area (Å²) in [5.41, 5.74) is 1.32. The second kappa shape index (κ2) is 13.1. The van der Waals surface area contributed by atoms with Gasteiger partial charge in [0.25, 0.3) is 0 Å². The highest BCUT2D eigenvalue weighted by molar-refractivity contribution is 7.46. The third kappa shape index (κ3) is 7.59. The predicted octanol–water partition coefficient (Wildman–Crippen LogP) is 4.42. The van der Waals surface area contributed by atoms with Crippen LogP contribution in [-0.2, 0) is 13.9 Å². The maximum absolute atomic E-state index is 12.1. The molecule has 3 N–H and O–H groups in total. The van der Waals surface area contributed by atoms with E-state index in [2.05, 4.69) is 14.8 Å². The van der Waals surface area contributed by atoms with Gasteiger partial charge >= 0.3 is 7.82 Å². The van der Waals surface area contributed by atoms with Gasteiger partial charge in [0.2, 0.25) is 5.91 Å². The highest BCUT2D eigenvalue weighted by Crippen LogP contribution is 2.42. The van der Waals surface area contributed by atoms with E-state index in [1.807, 2.05) is 0 Å². The number of ether oxygens (including phenoxy) is 3. The molecular formula is C21H24Cl3N2O8P. The van der Waals surface area contributed by atoms with E-state index in [1.54, 1.807) is 36.4 Å². The molecule has 1 unspecified atom stereocenters. The number of rotatable bonds is 9. The first-order valence-electron chi connectivity index (χ1n) is 9.53. The summed E-state index contributed by atoms with van der Waals surface area (Å²) in [4.78, 5) is 34.5. The number of fused-ring (bicyclic) bond motifs is 1. The Morgan fingerprint density at radius 2 is 1.83 bits per heavy atom. The molecule has 2 aromatic carbocycles. The number of hydrogen-bond donors (Lipinski definition) is 3. The molecule has 0 aliphatic rings. The standard InChI is InChI=1S/C21H22ClN2O8P.2ClH/c1-12(25)24-19(13-6-7-17(29-2)18(9-13)30-3)15-10-16(22)14-5-4-8-23-20(14)21(15)31-11-32-33(26,27)28;;/h4-10,19H,11H2,1-3H3,(H,24,25)(H2,26,27,28);2*1H. The molecule has 10 nitrogen and oxygen atoms in total. The van der Waals surface area contributed by atoms with Crippen LogP contribution in [0.4, 0.5) is 0 Å². The van der Waals surface area contributed by atoms with Crippen molar-refractivity contribution in [3.05, 3.63) is 58.7 Å². The van der Waals surface area contributed by atoms with Gasteiger partial charge in [0, 0.05) is 24.1 Å². The minimum Gasteiger partial charge on any atom is -0.493 e. The number of hydrogen-bond acceptors (Lipinski definition) is 7. The van der Waals surface area contributed by atoms with Crippen LogP contribution in [-0.4, -0.2) is 41.7 Å². The second-order valence-electron chi connectivity index (χ2n) is 6.81. The molecular weight excluding hydrogens is 546 g/mol. The first kappa shape index (κ1) is 30.7. The zero-order valence-corrected chi connectivity index (χ0v) is 22.0. The van der Waals surface area contributed by atoms with Crippen molar-refractivity contribution in [1.29, 1.82) is 0 Å². The number of halogens is 3. The van der Waals surface area contributed by atoms with Crippen molar-refractivity contribution in [3.8, 4) is 17.2 Å². The van der Waals surface area contributed by atoms with Gasteiger partial charge in [-0.3, -0.25) is 9.78 Å². The van der Waals surface area contributed by atoms with Gasteiger partial charge in [-0.2, -0.15) is 0 Å². The minimum absolute atomic E-state index is 0. The Hall–Kier alpha value is -2.30. The average Bonchev–Trinajstić information content (AvgIpc) is 2.77. The Labute approximate surface area is 218 Å². The lowest BCUT2D eigenvalue weighted by atomic mass is 9.95. The number of methoxy groups -OCH3 is 2. The third-order valence-corrected chi connectivity index (χ3v) is 5.40. The van der Waals surface area contributed by atoms with Crippen molar-refractivity contribution in [1.82, 2.24) is 10.3 Å². The molecule has 1 amide bonds. The first-order valence-corrected chi connectivity index (χ1v) is 11.4. The topological polar surface area (TPSA) is 136 Å². The van der Waals surface area contributed by atoms with Crippen molar-refractivity contribution in [3.63, 3.8) is 0 Å². The molecule has 0 fully saturated rings. The normalized spacial score (nSPS) is 11.6. The summed E-state index contributed by atoms with van der Waals surface area (Å²) in [6.07, 6.45) is 1.52. The van der Waals surface area contributed by atoms with Crippen LogP contribution in [0.15, 0.2) is 42.6 Å². The van der Waals surface area contributed by atoms with Crippen molar-refractivity contribution in [2.45, 2.75) is 13.0 Å². The number of nitrogens with zero attached hydrogens (tertiary/aromatic N) is 1. The Bertz CT molecular complexity index is 1220. The molecule has 192 valence electrons. The Morgan fingerprint density at radius 3 is 2.43 bits per heavy atom. The van der Waals surface area contributed by atoms with E-state index in [1.165, 1.54) is 27.3 Å². The summed E-state index contributed by atoms with van der Waals surface area (Å²) in [7, 11) is -1.79. The van der Waals surface area contributed by atoms with Gasteiger partial charge in [-0.05, 0) is 35.9 Å². The van der Waals surface area contributed by atoms with Crippen LogP contribution in [0.1, 0.15) is 24.1 Å². The van der Waals surface area contributed by atoms with Crippen molar-refractivity contribution >= 4 is 61.0 Å². The molecule has 0 saturated heterocycles. The molecule has 3 rings (SSSR count). The largest absolute Gasteiger partial charge is 0.493 e. The third-order valence-electron chi connectivity index (χ3n) is 4.65. The van der Waals surface area contributed by atoms with E-state index in [0.29, 0.717) is 38.6 Å². The van der Waals surface area contributed by atoms with Gasteiger partial charge in [0.15, 0.2) is 24.0 Å². The van der Waals surface area contributed by atoms with E-state index in [-0.39, 0.29) is 36.5 Å². The molecule has 0 spiro atoms. The molecule has 0 bridgehead atoms. The fourth-order valence-electron chi connectivity index (χ4n) is 3.29. The summed E-state index contributed by atoms with van der Waals surface area (Å²) >= 11 is 6.51. The highest BCUT2D eigenvalue weighted by Gasteiger charge is 2.25. The number of benzene rings is 2. The molecule has 0 aliphatic carbocycles. The van der Waals surface area contributed by atoms with Crippen molar-refractivity contribution in [2.24, 2.45) is 0 Å². The van der Waals surface area contributed by atoms with Crippen LogP contribution < -0.4 is 19.5 Å². The quantitative estimate of drug-likeness (QED) is 0.253. The molecule has 1 aromatic heterocycles. The Balaban J connectivity index is 0.00000306. The van der Waals surface area contributed by atoms with Crippen LogP contribution in [0.5, 0.6) is 17.2 Å². The smallest absolute Gasteiger partial charge is 0.472 e. The van der Waals surface area contributed by atoms with Gasteiger partial charge in [0.05, 0.1) is 25.3 Å². The fraction of sp³-hybridized carbons (Fsp3) is 0.238. The number of carbonyl (C=O) groups is 1. The number of pyridine rings is 1. The summed E-state index contributed by atoms with van der Waals surface area (Å²) in [5, 5.41) is 3.73. The van der Waals surface area contributed by atoms with Crippen molar-refractivity contribution in [2.75, 3.05) is 21.0 Å². The first-order chi connectivity index (χ1) is 15.6. The monoisotopic (exact) mass is 568 g/mol. The summed E-state index contributed by atoms with van der Waals surface area (Å²) in [5.74, 6) is 0.719. The van der Waals surface area contributed by atoms with E-state index in [0.717, 1.165) is 0 Å². The van der Waals surface area contributed by atoms with Crippen LogP contribution in [0.2, 0.25) is 5.02 Å². The van der Waals surface area contributed by atoms with Crippen LogP contribution in [0, 0.1) is 0 Å². The average molecular weight is 570 g/mol. The van der Waals surface area contributed by atoms with Gasteiger partial charge in [-0.1, -0.05) is 17.7 Å². The molecule has 1 heterocycles. The van der Waals surface area contributed by atoms with E-state index < -0.39 is 20.7 Å². The Morgan fingerprint density at radius 1 is 1.14 bits per heavy atom. The summed E-state index contributed by atoms with van der Waals surface area (Å²) in [6.45, 7) is 0.593. The molecule has 1 atom stereocenters. The summed E-state index contributed by atoms with van der Waals surface area (Å²) in [6, 6.07) is 9.31. The SMILES string of the molecule is COc1ccc(C(NC(C)=O)c2cc(Cl)c3cccnc3c2OCOP(=O)(O)O)cc1OC.Cl.Cl. The van der Waals surface area contributed by atoms with Gasteiger partial charge in [-0.15, -0.1) is 24.8 Å². The molecule has 35 heavy (non-hydrogen) atoms. The van der Waals surface area contributed by atoms with E-state index in [9.17, 15) is 9.36 Å². The lowest BCUT2D eigenvalue weighted by Gasteiger charge is -2.24. The van der Waals surface area contributed by atoms with Crippen LogP contribution in [0.25, 0.3) is 10.9 Å². The number of phosphoric ester groups is 1. The number of phosphoric acid groups is 1. The predicted molar refractivity (Wildman–Crippen MR) is 135 cm³/mol. The van der Waals surface area contributed by atoms with E-state index >= 15 is 0 Å². The number of nitrogens with one attached hydrogen (secondary N) is 1. The molecule has 0 saturated carbocycles. The van der Waals surface area contributed by atoms with E-state index in [4.69, 9.17) is 35.6 Å². The lowest BCUT2D eigenvalue weighted by Crippen LogP contribution is -2.27. The van der Waals surface area contributed by atoms with Crippen LogP contribution >= 0.6 is 44.2 Å². The van der Waals surface area contributed by atoms with Gasteiger partial charge in [-0.25, -0.2) is 9.09 Å². The fourth-order valence-corrected chi connectivity index (χ4v) is 3.75.